The van der Waals surface area contributed by atoms with Gasteiger partial charge >= 0.3 is 11.9 Å². The molecule has 0 fully saturated rings. The lowest BCUT2D eigenvalue weighted by Gasteiger charge is -2.32. The molecule has 1 atom stereocenters. The predicted octanol–water partition coefficient (Wildman–Crippen LogP) is 2.20. The van der Waals surface area contributed by atoms with E-state index in [1.54, 1.807) is 13.8 Å². The molecule has 0 aromatic heterocycles. The number of hydrogen-bond donors (Lipinski definition) is 2. The summed E-state index contributed by atoms with van der Waals surface area (Å²) in [5, 5.41) is 17.7. The number of carbonyl (C=O) groups excluding carboxylic acids is 2. The van der Waals surface area contributed by atoms with Crippen molar-refractivity contribution >= 4 is 29.3 Å². The Bertz CT molecular complexity index is 635. The van der Waals surface area contributed by atoms with E-state index in [0.29, 0.717) is 5.69 Å². The molecular weight excluding hydrogens is 314 g/mol. The van der Waals surface area contributed by atoms with Crippen molar-refractivity contribution in [3.8, 4) is 0 Å². The molecule has 0 aliphatic carbocycles. The van der Waals surface area contributed by atoms with Crippen molar-refractivity contribution in [3.63, 3.8) is 0 Å². The number of rotatable bonds is 8. The van der Waals surface area contributed by atoms with Gasteiger partial charge in [0, 0.05) is 19.0 Å². The number of Topliss-reactive ketones (excluding diaryl/α,β-unsaturated/α-hetero) is 1. The van der Waals surface area contributed by atoms with Gasteiger partial charge in [-0.1, -0.05) is 13.8 Å². The lowest BCUT2D eigenvalue weighted by atomic mass is 9.94. The number of hydrogen-bond acceptors (Lipinski definition) is 4. The second kappa shape index (κ2) is 8.24. The Morgan fingerprint density at radius 3 is 1.92 bits per heavy atom. The first-order valence-electron chi connectivity index (χ1n) is 7.52. The fraction of sp³-hybridized carbons (Fsp3) is 0.412. The topological polar surface area (TPSA) is 112 Å². The van der Waals surface area contributed by atoms with E-state index in [9.17, 15) is 19.2 Å². The van der Waals surface area contributed by atoms with Gasteiger partial charge in [0.25, 0.3) is 0 Å². The van der Waals surface area contributed by atoms with Crippen LogP contribution in [0.4, 0.5) is 5.69 Å². The Balaban J connectivity index is 3.17. The number of aromatic carboxylic acids is 1. The molecule has 2 N–H and O–H groups in total. The minimum Gasteiger partial charge on any atom is -0.481 e. The van der Waals surface area contributed by atoms with Crippen molar-refractivity contribution in [2.45, 2.75) is 39.7 Å². The van der Waals surface area contributed by atoms with E-state index < -0.39 is 18.0 Å². The summed E-state index contributed by atoms with van der Waals surface area (Å²) in [5.74, 6) is -3.11. The standard InChI is InChI=1S/C17H21NO6/c1-10(2)16(14(20)8-9-15(21)22)18(11(3)19)13-6-4-12(5-7-13)17(23)24/h4-7,10,16H,8-9H2,1-3H3,(H,21,22)(H,23,24). The summed E-state index contributed by atoms with van der Waals surface area (Å²) < 4.78 is 0. The number of aliphatic carboxylic acids is 1. The Hall–Kier alpha value is -2.70. The van der Waals surface area contributed by atoms with Crippen LogP contribution in [0.25, 0.3) is 0 Å². The fourth-order valence-corrected chi connectivity index (χ4v) is 2.49. The van der Waals surface area contributed by atoms with Crippen molar-refractivity contribution in [1.82, 2.24) is 0 Å². The molecule has 0 aliphatic heterocycles. The second-order valence-electron chi connectivity index (χ2n) is 5.79. The number of carboxylic acid groups (broad SMARTS) is 2. The Morgan fingerprint density at radius 1 is 1.00 bits per heavy atom. The van der Waals surface area contributed by atoms with E-state index in [1.807, 2.05) is 0 Å². The number of nitrogens with zero attached hydrogens (tertiary/aromatic N) is 1. The Morgan fingerprint density at radius 2 is 1.54 bits per heavy atom. The molecule has 1 aromatic carbocycles. The molecule has 1 aromatic rings. The first kappa shape index (κ1) is 19.3. The summed E-state index contributed by atoms with van der Waals surface area (Å²) in [6.45, 7) is 4.85. The van der Waals surface area contributed by atoms with Gasteiger partial charge in [0.1, 0.15) is 0 Å². The second-order valence-corrected chi connectivity index (χ2v) is 5.79. The quantitative estimate of drug-likeness (QED) is 0.753. The van der Waals surface area contributed by atoms with E-state index >= 15 is 0 Å². The fourth-order valence-electron chi connectivity index (χ4n) is 2.49. The van der Waals surface area contributed by atoms with Crippen LogP contribution in [0.1, 0.15) is 44.0 Å². The third kappa shape index (κ3) is 4.91. The summed E-state index contributed by atoms with van der Waals surface area (Å²) in [6.07, 6.45) is -0.471. The van der Waals surface area contributed by atoms with Crippen molar-refractivity contribution in [1.29, 1.82) is 0 Å². The summed E-state index contributed by atoms with van der Waals surface area (Å²) in [4.78, 5) is 47.4. The summed E-state index contributed by atoms with van der Waals surface area (Å²) >= 11 is 0. The molecule has 0 radical (unpaired) electrons. The molecule has 130 valence electrons. The van der Waals surface area contributed by atoms with Gasteiger partial charge in [-0.3, -0.25) is 14.4 Å². The maximum Gasteiger partial charge on any atom is 0.335 e. The molecule has 1 rings (SSSR count). The number of carbonyl (C=O) groups is 4. The molecule has 0 saturated heterocycles. The van der Waals surface area contributed by atoms with Gasteiger partial charge in [0.15, 0.2) is 5.78 Å². The van der Waals surface area contributed by atoms with Gasteiger partial charge < -0.3 is 15.1 Å². The van der Waals surface area contributed by atoms with E-state index in [-0.39, 0.29) is 36.0 Å². The molecule has 7 nitrogen and oxygen atoms in total. The summed E-state index contributed by atoms with van der Waals surface area (Å²) in [5.41, 5.74) is 0.468. The van der Waals surface area contributed by atoms with Crippen LogP contribution in [0.2, 0.25) is 0 Å². The highest BCUT2D eigenvalue weighted by molar-refractivity contribution is 6.01. The van der Waals surface area contributed by atoms with Gasteiger partial charge in [-0.2, -0.15) is 0 Å². The Kier molecular flexibility index (Phi) is 6.64. The molecule has 1 unspecified atom stereocenters. The summed E-state index contributed by atoms with van der Waals surface area (Å²) in [7, 11) is 0. The zero-order valence-corrected chi connectivity index (χ0v) is 13.9. The van der Waals surface area contributed by atoms with Crippen LogP contribution < -0.4 is 4.90 Å². The largest absolute Gasteiger partial charge is 0.481 e. The lowest BCUT2D eigenvalue weighted by molar-refractivity contribution is -0.138. The molecule has 0 spiro atoms. The number of anilines is 1. The Labute approximate surface area is 139 Å². The summed E-state index contributed by atoms with van der Waals surface area (Å²) in [6, 6.07) is 4.83. The van der Waals surface area contributed by atoms with Crippen LogP contribution in [0, 0.1) is 5.92 Å². The van der Waals surface area contributed by atoms with Crippen molar-refractivity contribution < 1.29 is 29.4 Å². The smallest absolute Gasteiger partial charge is 0.335 e. The normalized spacial score (nSPS) is 11.8. The van der Waals surface area contributed by atoms with E-state index in [4.69, 9.17) is 10.2 Å². The number of ketones is 1. The van der Waals surface area contributed by atoms with Gasteiger partial charge in [-0.25, -0.2) is 4.79 Å². The highest BCUT2D eigenvalue weighted by atomic mass is 16.4. The van der Waals surface area contributed by atoms with Gasteiger partial charge in [0.2, 0.25) is 5.91 Å². The monoisotopic (exact) mass is 335 g/mol. The van der Waals surface area contributed by atoms with E-state index in [0.717, 1.165) is 0 Å². The van der Waals surface area contributed by atoms with Crippen LogP contribution in [0.5, 0.6) is 0 Å². The maximum atomic E-state index is 12.4. The van der Waals surface area contributed by atoms with Crippen LogP contribution in [-0.4, -0.2) is 39.9 Å². The predicted molar refractivity (Wildman–Crippen MR) is 87.1 cm³/mol. The third-order valence-corrected chi connectivity index (χ3v) is 3.56. The first-order valence-corrected chi connectivity index (χ1v) is 7.52. The molecule has 0 heterocycles. The minimum atomic E-state index is -1.09. The van der Waals surface area contributed by atoms with Crippen molar-refractivity contribution in [2.24, 2.45) is 5.92 Å². The number of benzene rings is 1. The van der Waals surface area contributed by atoms with Crippen LogP contribution in [0.15, 0.2) is 24.3 Å². The average molecular weight is 335 g/mol. The molecular formula is C17H21NO6. The molecule has 1 amide bonds. The van der Waals surface area contributed by atoms with Crippen LogP contribution in [0.3, 0.4) is 0 Å². The van der Waals surface area contributed by atoms with Crippen LogP contribution >= 0.6 is 0 Å². The van der Waals surface area contributed by atoms with Gasteiger partial charge in [-0.05, 0) is 30.2 Å². The maximum absolute atomic E-state index is 12.4. The lowest BCUT2D eigenvalue weighted by Crippen LogP contribution is -2.47. The van der Waals surface area contributed by atoms with E-state index in [1.165, 1.54) is 36.1 Å². The highest BCUT2D eigenvalue weighted by Gasteiger charge is 2.31. The average Bonchev–Trinajstić information content (AvgIpc) is 2.49. The molecule has 0 aliphatic rings. The zero-order chi connectivity index (χ0) is 18.4. The molecule has 0 bridgehead atoms. The minimum absolute atomic E-state index is 0.0700. The molecule has 7 heteroatoms. The number of carboxylic acids is 2. The van der Waals surface area contributed by atoms with Crippen molar-refractivity contribution in [2.75, 3.05) is 4.90 Å². The number of amides is 1. The van der Waals surface area contributed by atoms with E-state index in [2.05, 4.69) is 0 Å². The molecule has 24 heavy (non-hydrogen) atoms. The van der Waals surface area contributed by atoms with Crippen molar-refractivity contribution in [3.05, 3.63) is 29.8 Å². The van der Waals surface area contributed by atoms with Gasteiger partial charge in [-0.15, -0.1) is 0 Å². The molecule has 0 saturated carbocycles. The zero-order valence-electron chi connectivity index (χ0n) is 13.9. The SMILES string of the molecule is CC(=O)N(c1ccc(C(=O)O)cc1)C(C(=O)CCC(=O)O)C(C)C. The third-order valence-electron chi connectivity index (χ3n) is 3.56. The first-order chi connectivity index (χ1) is 11.1. The van der Waals surface area contributed by atoms with Gasteiger partial charge in [0.05, 0.1) is 18.0 Å². The van der Waals surface area contributed by atoms with Crippen LogP contribution in [-0.2, 0) is 14.4 Å². The highest BCUT2D eigenvalue weighted by Crippen LogP contribution is 2.24.